The lowest BCUT2D eigenvalue weighted by Crippen LogP contribution is -2.42. The topological polar surface area (TPSA) is 95.1 Å². The van der Waals surface area contributed by atoms with Crippen LogP contribution in [0.25, 0.3) is 0 Å². The Morgan fingerprint density at radius 3 is 2.33 bits per heavy atom. The number of aromatic nitrogens is 2. The molecule has 1 atom stereocenters. The molecule has 6 nitrogen and oxygen atoms in total. The van der Waals surface area contributed by atoms with Gasteiger partial charge >= 0.3 is 5.97 Å². The van der Waals surface area contributed by atoms with Crippen molar-refractivity contribution in [3.63, 3.8) is 0 Å². The van der Waals surface area contributed by atoms with Gasteiger partial charge in [0.1, 0.15) is 6.04 Å². The van der Waals surface area contributed by atoms with Gasteiger partial charge in [0.2, 0.25) is 5.91 Å². The average Bonchev–Trinajstić information content (AvgIpc) is 3.23. The summed E-state index contributed by atoms with van der Waals surface area (Å²) in [6.07, 6.45) is 25.1. The van der Waals surface area contributed by atoms with Crippen LogP contribution in [0, 0.1) is 0 Å². The summed E-state index contributed by atoms with van der Waals surface area (Å²) in [5.41, 5.74) is 0.694. The van der Waals surface area contributed by atoms with Crippen LogP contribution in [-0.2, 0) is 16.0 Å². The van der Waals surface area contributed by atoms with Crippen LogP contribution in [0.2, 0.25) is 0 Å². The molecule has 0 radical (unpaired) electrons. The average molecular weight is 418 g/mol. The largest absolute Gasteiger partial charge is 0.480 e. The van der Waals surface area contributed by atoms with Crippen molar-refractivity contribution in [3.05, 3.63) is 42.5 Å². The number of hydrogen-bond donors (Lipinski definition) is 3. The Labute approximate surface area is 181 Å². The molecule has 3 N–H and O–H groups in total. The molecule has 1 unspecified atom stereocenters. The number of unbranched alkanes of at least 4 members (excludes halogenated alkanes) is 8. The fourth-order valence-electron chi connectivity index (χ4n) is 3.18. The highest BCUT2D eigenvalue weighted by molar-refractivity contribution is 5.83. The summed E-state index contributed by atoms with van der Waals surface area (Å²) < 4.78 is 0. The van der Waals surface area contributed by atoms with Crippen LogP contribution < -0.4 is 5.32 Å². The highest BCUT2D eigenvalue weighted by Crippen LogP contribution is 2.09. The number of carbonyl (C=O) groups excluding carboxylic acids is 1. The predicted molar refractivity (Wildman–Crippen MR) is 121 cm³/mol. The zero-order valence-electron chi connectivity index (χ0n) is 18.4. The van der Waals surface area contributed by atoms with E-state index in [9.17, 15) is 14.7 Å². The van der Waals surface area contributed by atoms with Crippen molar-refractivity contribution < 1.29 is 14.7 Å². The van der Waals surface area contributed by atoms with E-state index in [2.05, 4.69) is 46.5 Å². The van der Waals surface area contributed by atoms with Crippen molar-refractivity contribution in [3.8, 4) is 0 Å². The summed E-state index contributed by atoms with van der Waals surface area (Å²) in [5, 5.41) is 11.9. The number of carbonyl (C=O) groups is 2. The van der Waals surface area contributed by atoms with Crippen molar-refractivity contribution in [2.24, 2.45) is 0 Å². The van der Waals surface area contributed by atoms with Crippen molar-refractivity contribution in [1.82, 2.24) is 15.3 Å². The molecule has 1 rings (SSSR count). The molecule has 0 aromatic carbocycles. The van der Waals surface area contributed by atoms with Crippen LogP contribution in [-0.4, -0.2) is 33.0 Å². The number of imidazole rings is 1. The summed E-state index contributed by atoms with van der Waals surface area (Å²) in [4.78, 5) is 30.1. The fourth-order valence-corrected chi connectivity index (χ4v) is 3.18. The molecule has 6 heteroatoms. The second-order valence-electron chi connectivity index (χ2n) is 7.72. The number of amides is 1. The quantitative estimate of drug-likeness (QED) is 0.222. The standard InChI is InChI=1S/C24H39N3O3/c1-2-3-4-5-6-7-8-9-10-11-12-13-14-15-16-17-23(28)27-22(24(29)30)18-21-19-25-20-26-21/h6-7,9-10,19-20,22H,2-5,8,11-18H2,1H3,(H,25,26)(H,27,28)(H,29,30)/b7-6+,10-9+. The second-order valence-corrected chi connectivity index (χ2v) is 7.72. The van der Waals surface area contributed by atoms with E-state index in [4.69, 9.17) is 0 Å². The first-order chi connectivity index (χ1) is 14.6. The number of nitrogens with zero attached hydrogens (tertiary/aromatic N) is 1. The van der Waals surface area contributed by atoms with Gasteiger partial charge in [0.05, 0.1) is 6.33 Å². The second kappa shape index (κ2) is 17.5. The van der Waals surface area contributed by atoms with E-state index in [1.165, 1.54) is 38.4 Å². The van der Waals surface area contributed by atoms with Gasteiger partial charge in [0.15, 0.2) is 0 Å². The molecule has 0 spiro atoms. The maximum Gasteiger partial charge on any atom is 0.326 e. The van der Waals surface area contributed by atoms with E-state index in [1.54, 1.807) is 6.20 Å². The first-order valence-corrected chi connectivity index (χ1v) is 11.4. The summed E-state index contributed by atoms with van der Waals surface area (Å²) in [7, 11) is 0. The number of carboxylic acid groups (broad SMARTS) is 1. The number of nitrogens with one attached hydrogen (secondary N) is 2. The minimum Gasteiger partial charge on any atom is -0.480 e. The number of rotatable bonds is 18. The molecule has 0 aliphatic rings. The molecular weight excluding hydrogens is 378 g/mol. The number of H-pyrrole nitrogens is 1. The maximum absolute atomic E-state index is 12.0. The van der Waals surface area contributed by atoms with E-state index in [-0.39, 0.29) is 12.3 Å². The molecule has 168 valence electrons. The van der Waals surface area contributed by atoms with Gasteiger partial charge in [0, 0.05) is 24.7 Å². The number of allylic oxidation sites excluding steroid dienone is 4. The molecule has 1 aromatic heterocycles. The maximum atomic E-state index is 12.0. The fraction of sp³-hybridized carbons (Fsp3) is 0.625. The van der Waals surface area contributed by atoms with Gasteiger partial charge in [-0.15, -0.1) is 0 Å². The SMILES string of the molecule is CCCCC/C=C/C/C=C/CCCCCCCC(=O)NC(Cc1cnc[nH]1)C(=O)O. The van der Waals surface area contributed by atoms with Gasteiger partial charge in [-0.1, -0.05) is 63.3 Å². The first kappa shape index (κ1) is 25.7. The Morgan fingerprint density at radius 1 is 1.03 bits per heavy atom. The lowest BCUT2D eigenvalue weighted by molar-refractivity contribution is -0.141. The number of aliphatic carboxylic acids is 1. The minimum atomic E-state index is -1.03. The summed E-state index contributed by atoms with van der Waals surface area (Å²) >= 11 is 0. The van der Waals surface area contributed by atoms with Crippen LogP contribution in [0.3, 0.4) is 0 Å². The molecule has 0 saturated heterocycles. The number of aromatic amines is 1. The van der Waals surface area contributed by atoms with Crippen molar-refractivity contribution >= 4 is 11.9 Å². The van der Waals surface area contributed by atoms with Crippen LogP contribution in [0.1, 0.15) is 89.7 Å². The molecule has 1 amide bonds. The number of carboxylic acids is 1. The van der Waals surface area contributed by atoms with E-state index in [1.807, 2.05) is 0 Å². The Hall–Kier alpha value is -2.37. The molecular formula is C24H39N3O3. The van der Waals surface area contributed by atoms with Crippen molar-refractivity contribution in [1.29, 1.82) is 0 Å². The van der Waals surface area contributed by atoms with Gasteiger partial charge in [-0.3, -0.25) is 4.79 Å². The zero-order chi connectivity index (χ0) is 21.9. The van der Waals surface area contributed by atoms with Crippen LogP contribution in [0.5, 0.6) is 0 Å². The normalized spacial score (nSPS) is 12.6. The molecule has 0 aliphatic carbocycles. The third kappa shape index (κ3) is 13.7. The third-order valence-electron chi connectivity index (χ3n) is 4.97. The summed E-state index contributed by atoms with van der Waals surface area (Å²) in [6.45, 7) is 2.23. The number of hydrogen-bond acceptors (Lipinski definition) is 3. The van der Waals surface area contributed by atoms with E-state index >= 15 is 0 Å². The molecule has 0 aliphatic heterocycles. The molecule has 1 heterocycles. The molecule has 0 bridgehead atoms. The van der Waals surface area contributed by atoms with E-state index in [0.29, 0.717) is 12.1 Å². The van der Waals surface area contributed by atoms with E-state index < -0.39 is 12.0 Å². The molecule has 0 fully saturated rings. The zero-order valence-corrected chi connectivity index (χ0v) is 18.4. The Bertz CT molecular complexity index is 624. The summed E-state index contributed by atoms with van der Waals surface area (Å²) in [6, 6.07) is -0.920. The van der Waals surface area contributed by atoms with Crippen LogP contribution in [0.4, 0.5) is 0 Å². The highest BCUT2D eigenvalue weighted by Gasteiger charge is 2.20. The van der Waals surface area contributed by atoms with Crippen molar-refractivity contribution in [2.75, 3.05) is 0 Å². The smallest absolute Gasteiger partial charge is 0.326 e. The minimum absolute atomic E-state index is 0.201. The first-order valence-electron chi connectivity index (χ1n) is 11.4. The van der Waals surface area contributed by atoms with E-state index in [0.717, 1.165) is 38.5 Å². The van der Waals surface area contributed by atoms with Crippen LogP contribution in [0.15, 0.2) is 36.8 Å². The van der Waals surface area contributed by atoms with Gasteiger partial charge < -0.3 is 15.4 Å². The van der Waals surface area contributed by atoms with Gasteiger partial charge in [-0.2, -0.15) is 0 Å². The Kier molecular flexibility index (Phi) is 15.0. The van der Waals surface area contributed by atoms with Crippen LogP contribution >= 0.6 is 0 Å². The molecule has 1 aromatic rings. The monoisotopic (exact) mass is 417 g/mol. The molecule has 30 heavy (non-hydrogen) atoms. The van der Waals surface area contributed by atoms with Gasteiger partial charge in [0.25, 0.3) is 0 Å². The van der Waals surface area contributed by atoms with Gasteiger partial charge in [-0.25, -0.2) is 9.78 Å². The lowest BCUT2D eigenvalue weighted by atomic mass is 10.1. The highest BCUT2D eigenvalue weighted by atomic mass is 16.4. The Balaban J connectivity index is 1.99. The Morgan fingerprint density at radius 2 is 1.70 bits per heavy atom. The third-order valence-corrected chi connectivity index (χ3v) is 4.97. The van der Waals surface area contributed by atoms with Crippen molar-refractivity contribution in [2.45, 2.75) is 96.4 Å². The predicted octanol–water partition coefficient (Wildman–Crippen LogP) is 5.34. The molecule has 0 saturated carbocycles. The van der Waals surface area contributed by atoms with Gasteiger partial charge in [-0.05, 0) is 38.5 Å². The lowest BCUT2D eigenvalue weighted by Gasteiger charge is -2.13. The summed E-state index contributed by atoms with van der Waals surface area (Å²) in [5.74, 6) is -1.23.